The van der Waals surface area contributed by atoms with Gasteiger partial charge in [-0.3, -0.25) is 0 Å². The van der Waals surface area contributed by atoms with E-state index in [0.717, 1.165) is 12.8 Å². The molecule has 3 aliphatic carbocycles. The molecule has 0 nitrogen and oxygen atoms in total. The maximum absolute atomic E-state index is 2.44. The molecule has 5 aromatic carbocycles. The molecule has 8 rings (SSSR count). The van der Waals surface area contributed by atoms with Gasteiger partial charge in [0.1, 0.15) is 0 Å². The molecule has 0 bridgehead atoms. The van der Waals surface area contributed by atoms with E-state index in [2.05, 4.69) is 140 Å². The van der Waals surface area contributed by atoms with Gasteiger partial charge >= 0.3 is 252 Å². The fourth-order valence-corrected chi connectivity index (χ4v) is 9.02. The summed E-state index contributed by atoms with van der Waals surface area (Å²) in [6.45, 7) is 0. The van der Waals surface area contributed by atoms with Gasteiger partial charge in [0, 0.05) is 0 Å². The molecular weight excluding hydrogens is 560 g/mol. The Kier molecular flexibility index (Phi) is 5.72. The van der Waals surface area contributed by atoms with Gasteiger partial charge in [0.15, 0.2) is 0 Å². The van der Waals surface area contributed by atoms with Gasteiger partial charge in [0.05, 0.1) is 0 Å². The standard InChI is InChI=1S/C39H28.Zr/c1-3-11-27(12-4-1)30-19-20-33-31(25-30)26-36-35(33)22-21-34(28-13-5-2-6-14-28)38(36)39(32-16-8-9-17-32)24-23-29-15-7-10-18-37(29)39;/h1-22,25,32H,23,26H2;/q;+2. The molecule has 40 heavy (non-hydrogen) atoms. The third kappa shape index (κ3) is 3.50. The first kappa shape index (κ1) is 24.2. The molecule has 1 unspecified atom stereocenters. The molecule has 5 aromatic rings. The normalized spacial score (nSPS) is 18.7. The summed E-state index contributed by atoms with van der Waals surface area (Å²) < 4.78 is 1.63. The molecule has 0 saturated heterocycles. The predicted octanol–water partition coefficient (Wildman–Crippen LogP) is 8.90. The van der Waals surface area contributed by atoms with Crippen molar-refractivity contribution < 1.29 is 24.2 Å². The van der Waals surface area contributed by atoms with Gasteiger partial charge in [-0.05, 0) is 0 Å². The van der Waals surface area contributed by atoms with E-state index in [1.165, 1.54) is 85.4 Å². The van der Waals surface area contributed by atoms with Crippen LogP contribution in [0.4, 0.5) is 0 Å². The summed E-state index contributed by atoms with van der Waals surface area (Å²) in [6.07, 6.45) is 11.4. The molecule has 0 saturated carbocycles. The Morgan fingerprint density at radius 1 is 0.550 bits per heavy atom. The molecule has 1 atom stereocenters. The van der Waals surface area contributed by atoms with Crippen LogP contribution in [0.5, 0.6) is 0 Å². The van der Waals surface area contributed by atoms with E-state index >= 15 is 0 Å². The molecule has 3 aliphatic rings. The number of rotatable bonds is 4. The zero-order valence-electron chi connectivity index (χ0n) is 22.3. The van der Waals surface area contributed by atoms with Crippen molar-refractivity contribution in [2.45, 2.75) is 18.3 Å². The van der Waals surface area contributed by atoms with Crippen molar-refractivity contribution in [3.63, 3.8) is 0 Å². The number of benzene rings is 5. The molecular formula is C39H28Zr+2. The van der Waals surface area contributed by atoms with Gasteiger partial charge in [-0.15, -0.1) is 0 Å². The predicted molar refractivity (Wildman–Crippen MR) is 163 cm³/mol. The first-order valence-corrected chi connectivity index (χ1v) is 15.4. The quantitative estimate of drug-likeness (QED) is 0.193. The van der Waals surface area contributed by atoms with Crippen LogP contribution < -0.4 is 0 Å². The number of fused-ring (bicyclic) bond motifs is 4. The molecule has 0 radical (unpaired) electrons. The van der Waals surface area contributed by atoms with Crippen molar-refractivity contribution in [3.8, 4) is 33.4 Å². The van der Waals surface area contributed by atoms with E-state index in [-0.39, 0.29) is 5.41 Å². The Hall–Kier alpha value is -3.67. The average molecular weight is 588 g/mol. The summed E-state index contributed by atoms with van der Waals surface area (Å²) in [4.78, 5) is 0. The molecule has 0 spiro atoms. The molecule has 0 heterocycles. The monoisotopic (exact) mass is 586 g/mol. The van der Waals surface area contributed by atoms with Crippen LogP contribution in [0, 0.1) is 5.92 Å². The molecule has 0 amide bonds. The Morgan fingerprint density at radius 3 is 1.98 bits per heavy atom. The van der Waals surface area contributed by atoms with Crippen LogP contribution >= 0.6 is 0 Å². The van der Waals surface area contributed by atoms with Crippen LogP contribution in [0.15, 0.2) is 140 Å². The van der Waals surface area contributed by atoms with E-state index in [1.807, 2.05) is 0 Å². The Bertz CT molecular complexity index is 1850. The molecule has 1 heteroatoms. The minimum atomic E-state index is -0.167. The summed E-state index contributed by atoms with van der Waals surface area (Å²) in [5, 5.41) is 0. The first-order valence-electron chi connectivity index (χ1n) is 14.2. The van der Waals surface area contributed by atoms with Crippen LogP contribution in [-0.2, 0) is 42.5 Å². The molecule has 0 aromatic heterocycles. The van der Waals surface area contributed by atoms with Gasteiger partial charge in [-0.25, -0.2) is 0 Å². The van der Waals surface area contributed by atoms with E-state index in [9.17, 15) is 0 Å². The third-order valence-electron chi connectivity index (χ3n) is 9.20. The van der Waals surface area contributed by atoms with Crippen LogP contribution in [0.3, 0.4) is 0 Å². The summed E-state index contributed by atoms with van der Waals surface area (Å²) >= 11 is 1.53. The van der Waals surface area contributed by atoms with Crippen LogP contribution in [0.2, 0.25) is 0 Å². The Labute approximate surface area is 251 Å². The van der Waals surface area contributed by atoms with Crippen molar-refractivity contribution >= 4 is 3.21 Å². The van der Waals surface area contributed by atoms with Gasteiger partial charge in [0.25, 0.3) is 0 Å². The van der Waals surface area contributed by atoms with E-state index in [4.69, 9.17) is 0 Å². The summed E-state index contributed by atoms with van der Waals surface area (Å²) in [7, 11) is 0. The Balaban J connectivity index is 1.42. The van der Waals surface area contributed by atoms with Gasteiger partial charge < -0.3 is 0 Å². The summed E-state index contributed by atoms with van der Waals surface area (Å²) in [5.74, 6) is 0.308. The fourth-order valence-electron chi connectivity index (χ4n) is 7.50. The number of hydrogen-bond acceptors (Lipinski definition) is 0. The molecule has 0 aliphatic heterocycles. The maximum atomic E-state index is 2.44. The van der Waals surface area contributed by atoms with Crippen LogP contribution in [0.25, 0.3) is 33.4 Å². The fraction of sp³-hybridized carbons (Fsp3) is 0.103. The number of allylic oxidation sites excluding steroid dienone is 4. The average Bonchev–Trinajstić information content (AvgIpc) is 3.74. The number of hydrogen-bond donors (Lipinski definition) is 0. The van der Waals surface area contributed by atoms with E-state index in [1.54, 1.807) is 3.21 Å². The minimum absolute atomic E-state index is 0.167. The van der Waals surface area contributed by atoms with Gasteiger partial charge in [0.2, 0.25) is 0 Å². The Morgan fingerprint density at radius 2 is 1.20 bits per heavy atom. The van der Waals surface area contributed by atoms with E-state index < -0.39 is 0 Å². The second-order valence-corrected chi connectivity index (χ2v) is 12.7. The van der Waals surface area contributed by atoms with Crippen molar-refractivity contribution in [2.24, 2.45) is 5.92 Å². The first-order chi connectivity index (χ1) is 19.7. The zero-order chi connectivity index (χ0) is 26.7. The zero-order valence-corrected chi connectivity index (χ0v) is 24.7. The third-order valence-corrected chi connectivity index (χ3v) is 10.6. The van der Waals surface area contributed by atoms with Gasteiger partial charge in [-0.2, -0.15) is 0 Å². The van der Waals surface area contributed by atoms with Gasteiger partial charge in [-0.1, -0.05) is 0 Å². The second kappa shape index (κ2) is 9.47. The SMILES string of the molecule is [Zr+2]=[C]1Cc2ccccc2C1(c1c(-c2ccccc2)ccc2c1Cc1cc(-c3ccccc3)ccc1-2)C1C=CC=C1. The van der Waals surface area contributed by atoms with Crippen LogP contribution in [0.1, 0.15) is 27.8 Å². The van der Waals surface area contributed by atoms with Crippen molar-refractivity contribution in [2.75, 3.05) is 0 Å². The molecule has 186 valence electrons. The van der Waals surface area contributed by atoms with Crippen molar-refractivity contribution in [1.29, 1.82) is 0 Å². The molecule has 0 fully saturated rings. The summed E-state index contributed by atoms with van der Waals surface area (Å²) in [5.41, 5.74) is 15.3. The van der Waals surface area contributed by atoms with Crippen molar-refractivity contribution in [3.05, 3.63) is 167 Å². The van der Waals surface area contributed by atoms with E-state index in [0.29, 0.717) is 5.92 Å². The summed E-state index contributed by atoms with van der Waals surface area (Å²) in [6, 6.07) is 43.0. The topological polar surface area (TPSA) is 0 Å². The second-order valence-electron chi connectivity index (χ2n) is 11.2. The molecule has 0 N–H and O–H groups in total. The van der Waals surface area contributed by atoms with Crippen LogP contribution in [-0.4, -0.2) is 3.21 Å². The van der Waals surface area contributed by atoms with Crippen molar-refractivity contribution in [1.82, 2.24) is 0 Å².